The molecule has 5 rings (SSSR count). The molecule has 1 aromatic carbocycles. The Balaban J connectivity index is 1.55. The molecule has 0 bridgehead atoms. The van der Waals surface area contributed by atoms with Gasteiger partial charge in [-0.05, 0) is 91.2 Å². The van der Waals surface area contributed by atoms with Crippen molar-refractivity contribution in [1.82, 2.24) is 0 Å². The number of carbonyl (C=O) groups excluding carboxylic acids is 1. The molecule has 0 aromatic heterocycles. The monoisotopic (exact) mass is 386 g/mol. The molecule has 0 unspecified atom stereocenters. The van der Waals surface area contributed by atoms with Crippen LogP contribution in [0.5, 0.6) is 5.75 Å². The van der Waals surface area contributed by atoms with Gasteiger partial charge in [-0.15, -0.1) is 0 Å². The Kier molecular flexibility index (Phi) is 4.16. The molecular formula is C26H26O3. The highest BCUT2D eigenvalue weighted by atomic mass is 16.3. The van der Waals surface area contributed by atoms with Crippen LogP contribution in [-0.2, 0) is 11.2 Å². The number of hydrogen-bond donors (Lipinski definition) is 2. The second kappa shape index (κ2) is 6.51. The molecule has 2 fully saturated rings. The maximum absolute atomic E-state index is 12.4. The molecule has 4 aliphatic carbocycles. The fraction of sp³-hybridized carbons (Fsp3) is 0.500. The minimum atomic E-state index is -1.16. The van der Waals surface area contributed by atoms with Gasteiger partial charge in [0, 0.05) is 17.8 Å². The summed E-state index contributed by atoms with van der Waals surface area (Å²) in [6, 6.07) is 5.81. The Morgan fingerprint density at radius 1 is 1.17 bits per heavy atom. The lowest BCUT2D eigenvalue weighted by Crippen LogP contribution is -2.52. The largest absolute Gasteiger partial charge is 0.508 e. The minimum Gasteiger partial charge on any atom is -0.508 e. The predicted molar refractivity (Wildman–Crippen MR) is 111 cm³/mol. The Hall–Kier alpha value is -2.49. The summed E-state index contributed by atoms with van der Waals surface area (Å²) in [4.78, 5) is 12.4. The van der Waals surface area contributed by atoms with Crippen molar-refractivity contribution in [1.29, 1.82) is 0 Å². The summed E-state index contributed by atoms with van der Waals surface area (Å²) in [5, 5.41) is 21.8. The molecule has 0 heterocycles. The van der Waals surface area contributed by atoms with Gasteiger partial charge in [-0.2, -0.15) is 0 Å². The van der Waals surface area contributed by atoms with Gasteiger partial charge in [0.25, 0.3) is 0 Å². The SMILES string of the molecule is C[C@]12CC[C@@H]3c4ccc(O)cc4CC[C@H]3[C@@H]1C[C@H]1CC(=O)C#C/C=C/C#C[C@]12O. The zero-order chi connectivity index (χ0) is 20.2. The first-order valence-corrected chi connectivity index (χ1v) is 10.7. The van der Waals surface area contributed by atoms with Crippen LogP contribution in [0.4, 0.5) is 0 Å². The lowest BCUT2D eigenvalue weighted by molar-refractivity contribution is -0.118. The summed E-state index contributed by atoms with van der Waals surface area (Å²) < 4.78 is 0. The molecule has 0 spiro atoms. The van der Waals surface area contributed by atoms with E-state index in [2.05, 4.69) is 36.7 Å². The third-order valence-corrected chi connectivity index (χ3v) is 8.26. The summed E-state index contributed by atoms with van der Waals surface area (Å²) in [6.07, 6.45) is 8.26. The van der Waals surface area contributed by atoms with E-state index in [0.29, 0.717) is 23.5 Å². The van der Waals surface area contributed by atoms with Gasteiger partial charge in [-0.1, -0.05) is 30.8 Å². The third kappa shape index (κ3) is 2.68. The number of phenols is 1. The van der Waals surface area contributed by atoms with E-state index in [1.54, 1.807) is 18.2 Å². The van der Waals surface area contributed by atoms with Crippen molar-refractivity contribution in [3.63, 3.8) is 0 Å². The van der Waals surface area contributed by atoms with Crippen LogP contribution in [0.15, 0.2) is 30.4 Å². The van der Waals surface area contributed by atoms with Crippen molar-refractivity contribution in [2.75, 3.05) is 0 Å². The molecule has 3 heteroatoms. The first-order chi connectivity index (χ1) is 13.9. The van der Waals surface area contributed by atoms with Crippen molar-refractivity contribution in [2.45, 2.75) is 57.0 Å². The van der Waals surface area contributed by atoms with Crippen LogP contribution >= 0.6 is 0 Å². The highest BCUT2D eigenvalue weighted by Gasteiger charge is 2.65. The topological polar surface area (TPSA) is 57.5 Å². The van der Waals surface area contributed by atoms with Crippen LogP contribution in [0.3, 0.4) is 0 Å². The number of aromatic hydroxyl groups is 1. The van der Waals surface area contributed by atoms with E-state index in [9.17, 15) is 15.0 Å². The molecule has 6 atom stereocenters. The number of benzene rings is 1. The molecular weight excluding hydrogens is 360 g/mol. The summed E-state index contributed by atoms with van der Waals surface area (Å²) in [5.74, 6) is 12.9. The lowest BCUT2D eigenvalue weighted by Gasteiger charge is -2.52. The standard InChI is InChI=1S/C26H26O3/c1-25-13-11-22-21-10-8-20(28)14-17(21)7-9-23(22)24(25)16-18-15-19(27)6-4-2-3-5-12-26(18,25)29/h2-3,8,10,14,18,22-24,28-29H,7,9,11,13,15-16H2,1H3/b3-2+/t18-,22-,23-,24+,25+,26+/m1/s1. The van der Waals surface area contributed by atoms with Crippen LogP contribution in [0.2, 0.25) is 0 Å². The second-order valence-electron chi connectivity index (χ2n) is 9.45. The average molecular weight is 386 g/mol. The number of allylic oxidation sites excluding steroid dienone is 2. The Morgan fingerprint density at radius 2 is 2.00 bits per heavy atom. The maximum atomic E-state index is 12.4. The average Bonchev–Trinajstić information content (AvgIpc) is 2.92. The van der Waals surface area contributed by atoms with Crippen molar-refractivity contribution < 1.29 is 15.0 Å². The van der Waals surface area contributed by atoms with Crippen LogP contribution < -0.4 is 0 Å². The first kappa shape index (κ1) is 18.5. The number of aliphatic hydroxyl groups is 1. The fourth-order valence-electron chi connectivity index (χ4n) is 6.85. The van der Waals surface area contributed by atoms with E-state index >= 15 is 0 Å². The van der Waals surface area contributed by atoms with Gasteiger partial charge in [0.15, 0.2) is 0 Å². The number of carbonyl (C=O) groups is 1. The Labute approximate surface area is 172 Å². The molecule has 3 nitrogen and oxygen atoms in total. The lowest BCUT2D eigenvalue weighted by atomic mass is 9.53. The molecule has 0 radical (unpaired) electrons. The van der Waals surface area contributed by atoms with E-state index in [4.69, 9.17) is 0 Å². The van der Waals surface area contributed by atoms with Gasteiger partial charge < -0.3 is 10.2 Å². The molecule has 1 aromatic rings. The van der Waals surface area contributed by atoms with Gasteiger partial charge >= 0.3 is 0 Å². The number of Topliss-reactive ketones (excluding diaryl/α,β-unsaturated/α-hetero) is 1. The molecule has 4 aliphatic rings. The van der Waals surface area contributed by atoms with E-state index in [1.807, 2.05) is 6.07 Å². The van der Waals surface area contributed by atoms with Crippen molar-refractivity contribution in [3.05, 3.63) is 41.5 Å². The molecule has 29 heavy (non-hydrogen) atoms. The van der Waals surface area contributed by atoms with E-state index in [1.165, 1.54) is 11.1 Å². The molecule has 0 saturated heterocycles. The van der Waals surface area contributed by atoms with E-state index in [0.717, 1.165) is 32.1 Å². The normalized spacial score (nSPS) is 40.7. The quantitative estimate of drug-likeness (QED) is 0.528. The van der Waals surface area contributed by atoms with Crippen molar-refractivity contribution in [3.8, 4) is 29.4 Å². The molecule has 2 N–H and O–H groups in total. The zero-order valence-electron chi connectivity index (χ0n) is 16.7. The number of phenolic OH excluding ortho intramolecular Hbond substituents is 1. The van der Waals surface area contributed by atoms with Crippen LogP contribution in [0, 0.1) is 46.9 Å². The minimum absolute atomic E-state index is 0.106. The summed E-state index contributed by atoms with van der Waals surface area (Å²) in [7, 11) is 0. The molecule has 0 aliphatic heterocycles. The van der Waals surface area contributed by atoms with Crippen LogP contribution in [0.1, 0.15) is 56.1 Å². The van der Waals surface area contributed by atoms with Gasteiger partial charge in [0.2, 0.25) is 5.78 Å². The number of aryl methyl sites for hydroxylation is 1. The zero-order valence-corrected chi connectivity index (χ0v) is 16.7. The van der Waals surface area contributed by atoms with Gasteiger partial charge in [-0.25, -0.2) is 0 Å². The molecule has 148 valence electrons. The van der Waals surface area contributed by atoms with Gasteiger partial charge in [0.1, 0.15) is 11.4 Å². The number of hydrogen-bond acceptors (Lipinski definition) is 3. The molecule has 2 saturated carbocycles. The highest BCUT2D eigenvalue weighted by Crippen LogP contribution is 2.66. The molecule has 0 amide bonds. The smallest absolute Gasteiger partial charge is 0.206 e. The second-order valence-corrected chi connectivity index (χ2v) is 9.45. The van der Waals surface area contributed by atoms with Crippen molar-refractivity contribution in [2.24, 2.45) is 23.2 Å². The third-order valence-electron chi connectivity index (χ3n) is 8.26. The predicted octanol–water partition coefficient (Wildman–Crippen LogP) is 3.74. The number of rotatable bonds is 0. The first-order valence-electron chi connectivity index (χ1n) is 10.7. The van der Waals surface area contributed by atoms with Crippen LogP contribution in [-0.4, -0.2) is 21.6 Å². The fourth-order valence-corrected chi connectivity index (χ4v) is 6.85. The Morgan fingerprint density at radius 3 is 2.86 bits per heavy atom. The van der Waals surface area contributed by atoms with E-state index in [-0.39, 0.29) is 23.5 Å². The highest BCUT2D eigenvalue weighted by molar-refractivity contribution is 5.96. The van der Waals surface area contributed by atoms with E-state index < -0.39 is 5.60 Å². The van der Waals surface area contributed by atoms with Crippen molar-refractivity contribution >= 4 is 5.78 Å². The van der Waals surface area contributed by atoms with Gasteiger partial charge in [0.05, 0.1) is 0 Å². The summed E-state index contributed by atoms with van der Waals surface area (Å²) in [5.41, 5.74) is 1.15. The van der Waals surface area contributed by atoms with Crippen LogP contribution in [0.25, 0.3) is 0 Å². The number of fused-ring (bicyclic) bond motifs is 7. The van der Waals surface area contributed by atoms with Gasteiger partial charge in [-0.3, -0.25) is 4.79 Å². The number of ketones is 1. The summed E-state index contributed by atoms with van der Waals surface area (Å²) >= 11 is 0. The Bertz CT molecular complexity index is 1030. The maximum Gasteiger partial charge on any atom is 0.206 e. The summed E-state index contributed by atoms with van der Waals surface area (Å²) in [6.45, 7) is 2.19.